The van der Waals surface area contributed by atoms with Crippen molar-refractivity contribution in [1.29, 1.82) is 0 Å². The summed E-state index contributed by atoms with van der Waals surface area (Å²) in [6.07, 6.45) is 2.89. The molecule has 0 spiro atoms. The second-order valence-electron chi connectivity index (χ2n) is 2.87. The van der Waals surface area contributed by atoms with Crippen LogP contribution in [-0.2, 0) is 9.84 Å². The largest absolute Gasteiger partial charge is 0.501 e. The van der Waals surface area contributed by atoms with Gasteiger partial charge in [-0.05, 0) is 25.7 Å². The van der Waals surface area contributed by atoms with Crippen LogP contribution in [0.3, 0.4) is 0 Å². The van der Waals surface area contributed by atoms with Gasteiger partial charge in [0.15, 0.2) is 0 Å². The molecule has 0 saturated carbocycles. The van der Waals surface area contributed by atoms with Crippen LogP contribution in [0.25, 0.3) is 0 Å². The van der Waals surface area contributed by atoms with Crippen LogP contribution in [0.5, 0.6) is 0 Å². The third-order valence-corrected chi connectivity index (χ3v) is 3.57. The highest BCUT2D eigenvalue weighted by atomic mass is 32.2. The summed E-state index contributed by atoms with van der Waals surface area (Å²) in [4.78, 5) is -0.466. The molecule has 1 aliphatic rings. The van der Waals surface area contributed by atoms with Crippen LogP contribution in [-0.4, -0.2) is 13.9 Å². The van der Waals surface area contributed by atoms with Crippen LogP contribution >= 0.6 is 0 Å². The van der Waals surface area contributed by atoms with E-state index in [2.05, 4.69) is 0 Å². The van der Waals surface area contributed by atoms with Crippen molar-refractivity contribution in [2.24, 2.45) is 0 Å². The normalized spacial score (nSPS) is 19.8. The summed E-state index contributed by atoms with van der Waals surface area (Å²) < 4.78 is 57.6. The van der Waals surface area contributed by atoms with Crippen LogP contribution in [0.1, 0.15) is 25.7 Å². The summed E-state index contributed by atoms with van der Waals surface area (Å²) in [5.74, 6) is 0. The molecule has 0 radical (unpaired) electrons. The van der Waals surface area contributed by atoms with Gasteiger partial charge in [0.05, 0.1) is 0 Å². The number of rotatable bonds is 1. The predicted molar refractivity (Wildman–Crippen MR) is 41.5 cm³/mol. The molecule has 0 aromatic carbocycles. The summed E-state index contributed by atoms with van der Waals surface area (Å²) in [5, 5.41) is 0. The molecule has 0 heterocycles. The Morgan fingerprint density at radius 3 is 2.23 bits per heavy atom. The SMILES string of the molecule is O=S(=O)(C1=CCCCC1)C(F)(F)F. The van der Waals surface area contributed by atoms with E-state index in [1.165, 1.54) is 6.08 Å². The molecule has 0 aromatic rings. The summed E-state index contributed by atoms with van der Waals surface area (Å²) in [6, 6.07) is 0. The molecule has 0 bridgehead atoms. The zero-order valence-corrected chi connectivity index (χ0v) is 7.58. The first-order chi connectivity index (χ1) is 5.86. The Kier molecular flexibility index (Phi) is 2.70. The van der Waals surface area contributed by atoms with E-state index in [0.29, 0.717) is 12.8 Å². The van der Waals surface area contributed by atoms with E-state index in [9.17, 15) is 21.6 Å². The summed E-state index contributed by atoms with van der Waals surface area (Å²) >= 11 is 0. The van der Waals surface area contributed by atoms with Crippen molar-refractivity contribution in [3.63, 3.8) is 0 Å². The molecule has 1 rings (SSSR count). The molecule has 0 aliphatic heterocycles. The number of allylic oxidation sites excluding steroid dienone is 2. The van der Waals surface area contributed by atoms with Crippen LogP contribution in [0.4, 0.5) is 13.2 Å². The van der Waals surface area contributed by atoms with Crippen molar-refractivity contribution in [3.8, 4) is 0 Å². The van der Waals surface area contributed by atoms with E-state index in [-0.39, 0.29) is 6.42 Å². The molecule has 0 N–H and O–H groups in total. The molecule has 0 saturated heterocycles. The monoisotopic (exact) mass is 214 g/mol. The van der Waals surface area contributed by atoms with Gasteiger partial charge in [-0.25, -0.2) is 8.42 Å². The lowest BCUT2D eigenvalue weighted by atomic mass is 10.1. The summed E-state index contributed by atoms with van der Waals surface area (Å²) in [6.45, 7) is 0. The molecule has 2 nitrogen and oxygen atoms in total. The average Bonchev–Trinajstić information content (AvgIpc) is 2.04. The van der Waals surface area contributed by atoms with Crippen molar-refractivity contribution in [2.75, 3.05) is 0 Å². The van der Waals surface area contributed by atoms with Gasteiger partial charge in [0.2, 0.25) is 0 Å². The first kappa shape index (κ1) is 10.6. The Morgan fingerprint density at radius 2 is 1.85 bits per heavy atom. The van der Waals surface area contributed by atoms with Crippen molar-refractivity contribution >= 4 is 9.84 Å². The Hall–Kier alpha value is -0.520. The van der Waals surface area contributed by atoms with Gasteiger partial charge in [-0.15, -0.1) is 0 Å². The Balaban J connectivity index is 3.00. The first-order valence-electron chi connectivity index (χ1n) is 3.86. The molecule has 0 unspecified atom stereocenters. The third-order valence-electron chi connectivity index (χ3n) is 1.90. The van der Waals surface area contributed by atoms with Crippen LogP contribution in [0.2, 0.25) is 0 Å². The maximum absolute atomic E-state index is 12.0. The standard InChI is InChI=1S/C7H9F3O2S/c8-7(9,10)13(11,12)6-4-2-1-3-5-6/h4H,1-3,5H2. The molecule has 0 atom stereocenters. The van der Waals surface area contributed by atoms with E-state index < -0.39 is 20.3 Å². The number of halogens is 3. The van der Waals surface area contributed by atoms with Gasteiger partial charge >= 0.3 is 5.51 Å². The topological polar surface area (TPSA) is 34.1 Å². The quantitative estimate of drug-likeness (QED) is 0.671. The Bertz CT molecular complexity index is 313. The number of sulfone groups is 1. The highest BCUT2D eigenvalue weighted by Crippen LogP contribution is 2.33. The summed E-state index contributed by atoms with van der Waals surface area (Å²) in [7, 11) is -5.04. The van der Waals surface area contributed by atoms with Gasteiger partial charge in [-0.2, -0.15) is 13.2 Å². The lowest BCUT2D eigenvalue weighted by molar-refractivity contribution is -0.0427. The number of hydrogen-bond donors (Lipinski definition) is 0. The van der Waals surface area contributed by atoms with Crippen molar-refractivity contribution in [2.45, 2.75) is 31.2 Å². The molecule has 76 valence electrons. The fraction of sp³-hybridized carbons (Fsp3) is 0.714. The minimum atomic E-state index is -5.14. The minimum absolute atomic E-state index is 0.0157. The van der Waals surface area contributed by atoms with Crippen LogP contribution in [0, 0.1) is 0 Å². The Labute approximate surface area is 74.4 Å². The van der Waals surface area contributed by atoms with Gasteiger partial charge in [0.1, 0.15) is 0 Å². The second-order valence-corrected chi connectivity index (χ2v) is 4.86. The lowest BCUT2D eigenvalue weighted by Gasteiger charge is -2.14. The molecule has 0 fully saturated rings. The number of alkyl halides is 3. The zero-order valence-electron chi connectivity index (χ0n) is 6.76. The van der Waals surface area contributed by atoms with Gasteiger partial charge in [-0.1, -0.05) is 6.08 Å². The van der Waals surface area contributed by atoms with Crippen LogP contribution < -0.4 is 0 Å². The molecule has 0 amide bonds. The second kappa shape index (κ2) is 3.32. The van der Waals surface area contributed by atoms with Crippen molar-refractivity contribution in [3.05, 3.63) is 11.0 Å². The average molecular weight is 214 g/mol. The van der Waals surface area contributed by atoms with Gasteiger partial charge < -0.3 is 0 Å². The maximum atomic E-state index is 12.0. The minimum Gasteiger partial charge on any atom is -0.215 e. The van der Waals surface area contributed by atoms with E-state index in [0.717, 1.165) is 6.42 Å². The third kappa shape index (κ3) is 2.04. The molecular weight excluding hydrogens is 205 g/mol. The molecule has 0 aromatic heterocycles. The van der Waals surface area contributed by atoms with Gasteiger partial charge in [0.25, 0.3) is 9.84 Å². The fourth-order valence-corrected chi connectivity index (χ4v) is 2.25. The van der Waals surface area contributed by atoms with Gasteiger partial charge in [0, 0.05) is 4.91 Å². The first-order valence-corrected chi connectivity index (χ1v) is 5.34. The maximum Gasteiger partial charge on any atom is 0.501 e. The predicted octanol–water partition coefficient (Wildman–Crippen LogP) is 2.38. The Morgan fingerprint density at radius 1 is 1.23 bits per heavy atom. The van der Waals surface area contributed by atoms with E-state index in [4.69, 9.17) is 0 Å². The van der Waals surface area contributed by atoms with Crippen LogP contribution in [0.15, 0.2) is 11.0 Å². The highest BCUT2D eigenvalue weighted by Gasteiger charge is 2.47. The van der Waals surface area contributed by atoms with E-state index in [1.54, 1.807) is 0 Å². The van der Waals surface area contributed by atoms with Crippen molar-refractivity contribution in [1.82, 2.24) is 0 Å². The highest BCUT2D eigenvalue weighted by molar-refractivity contribution is 7.96. The van der Waals surface area contributed by atoms with E-state index >= 15 is 0 Å². The van der Waals surface area contributed by atoms with Crippen molar-refractivity contribution < 1.29 is 21.6 Å². The number of hydrogen-bond acceptors (Lipinski definition) is 2. The smallest absolute Gasteiger partial charge is 0.215 e. The molecule has 6 heteroatoms. The zero-order chi connectivity index (χ0) is 10.1. The van der Waals surface area contributed by atoms with Gasteiger partial charge in [-0.3, -0.25) is 0 Å². The molecule has 1 aliphatic carbocycles. The molecular formula is C7H9F3O2S. The lowest BCUT2D eigenvalue weighted by Crippen LogP contribution is -2.25. The fourth-order valence-electron chi connectivity index (χ4n) is 1.20. The van der Waals surface area contributed by atoms with E-state index in [1.807, 2.05) is 0 Å². The summed E-state index contributed by atoms with van der Waals surface area (Å²) in [5.41, 5.74) is -5.14. The molecule has 13 heavy (non-hydrogen) atoms.